The summed E-state index contributed by atoms with van der Waals surface area (Å²) in [5, 5.41) is -0.382. The first kappa shape index (κ1) is 21.0. The number of furan rings is 1. The largest absolute Gasteiger partial charge is 0.466 e. The molecule has 0 saturated carbocycles. The molecule has 3 rings (SSSR count). The monoisotopic (exact) mass is 416 g/mol. The summed E-state index contributed by atoms with van der Waals surface area (Å²) < 4.78 is 10.7. The van der Waals surface area contributed by atoms with Gasteiger partial charge in [-0.3, -0.25) is 9.59 Å². The highest BCUT2D eigenvalue weighted by Crippen LogP contribution is 2.41. The van der Waals surface area contributed by atoms with Gasteiger partial charge in [-0.05, 0) is 38.1 Å². The Hall–Kier alpha value is -2.74. The van der Waals surface area contributed by atoms with Gasteiger partial charge in [-0.2, -0.15) is 0 Å². The molecule has 0 unspecified atom stereocenters. The molecule has 1 aliphatic heterocycles. The maximum absolute atomic E-state index is 12.7. The van der Waals surface area contributed by atoms with Crippen molar-refractivity contribution in [2.75, 3.05) is 17.3 Å². The topological polar surface area (TPSA) is 80.1 Å². The molecule has 154 valence electrons. The van der Waals surface area contributed by atoms with Gasteiger partial charge >= 0.3 is 5.97 Å². The van der Waals surface area contributed by atoms with Gasteiger partial charge in [-0.25, -0.2) is 4.79 Å². The molecule has 2 heterocycles. The second kappa shape index (κ2) is 9.17. The number of hydrogen-bond donors (Lipinski definition) is 0. The number of carbonyl (C=O) groups is 3. The molecule has 1 saturated heterocycles. The van der Waals surface area contributed by atoms with Crippen LogP contribution in [0.3, 0.4) is 0 Å². The highest BCUT2D eigenvalue weighted by Gasteiger charge is 2.43. The van der Waals surface area contributed by atoms with Gasteiger partial charge in [-0.15, -0.1) is 11.8 Å². The first-order chi connectivity index (χ1) is 13.9. The van der Waals surface area contributed by atoms with Crippen molar-refractivity contribution in [3.63, 3.8) is 0 Å². The minimum absolute atomic E-state index is 0.0947. The molecule has 0 bridgehead atoms. The molecule has 2 aromatic rings. The minimum atomic E-state index is -0.760. The molecule has 0 N–H and O–H groups in total. The summed E-state index contributed by atoms with van der Waals surface area (Å²) in [6, 6.07) is 11.9. The smallest absolute Gasteiger partial charge is 0.330 e. The van der Waals surface area contributed by atoms with Crippen LogP contribution in [0.2, 0.25) is 0 Å². The molecule has 2 atom stereocenters. The molecule has 2 amide bonds. The summed E-state index contributed by atoms with van der Waals surface area (Å²) in [5.41, 5.74) is 0.739. The molecule has 1 aromatic heterocycles. The standard InChI is InChI=1S/C21H24N2O5S/c1-14(2)22(16-8-5-4-6-9-16)19(25)12-28-21(26)17-13-29-20(23(17)15(3)24)18-10-7-11-27-18/h4-11,14,17,20H,12-13H2,1-3H3/t17-,20+/m0/s1. The van der Waals surface area contributed by atoms with E-state index in [1.54, 1.807) is 17.0 Å². The summed E-state index contributed by atoms with van der Waals surface area (Å²) in [6.45, 7) is 4.81. The van der Waals surface area contributed by atoms with E-state index in [1.165, 1.54) is 29.8 Å². The van der Waals surface area contributed by atoms with Crippen LogP contribution in [-0.2, 0) is 19.1 Å². The molecule has 1 fully saturated rings. The van der Waals surface area contributed by atoms with E-state index in [4.69, 9.17) is 9.15 Å². The average Bonchev–Trinajstić information content (AvgIpc) is 3.36. The number of benzene rings is 1. The third-order valence-electron chi connectivity index (χ3n) is 4.58. The Kier molecular flexibility index (Phi) is 6.64. The number of thioether (sulfide) groups is 1. The van der Waals surface area contributed by atoms with Crippen LogP contribution in [-0.4, -0.2) is 47.1 Å². The first-order valence-corrected chi connectivity index (χ1v) is 10.4. The Labute approximate surface area is 174 Å². The van der Waals surface area contributed by atoms with Gasteiger partial charge in [0.1, 0.15) is 17.2 Å². The molecule has 1 aromatic carbocycles. The van der Waals surface area contributed by atoms with Crippen LogP contribution >= 0.6 is 11.8 Å². The van der Waals surface area contributed by atoms with Crippen LogP contribution in [0.1, 0.15) is 31.9 Å². The zero-order chi connectivity index (χ0) is 21.0. The van der Waals surface area contributed by atoms with Crippen LogP contribution in [0, 0.1) is 0 Å². The Balaban J connectivity index is 1.66. The van der Waals surface area contributed by atoms with Crippen molar-refractivity contribution < 1.29 is 23.5 Å². The van der Waals surface area contributed by atoms with Crippen LogP contribution < -0.4 is 4.90 Å². The quantitative estimate of drug-likeness (QED) is 0.673. The van der Waals surface area contributed by atoms with E-state index in [0.717, 1.165) is 5.69 Å². The van der Waals surface area contributed by atoms with Crippen molar-refractivity contribution in [2.45, 2.75) is 38.2 Å². The molecule has 0 aliphatic carbocycles. The predicted molar refractivity (Wildman–Crippen MR) is 110 cm³/mol. The maximum atomic E-state index is 12.7. The highest BCUT2D eigenvalue weighted by molar-refractivity contribution is 7.99. The molecular weight excluding hydrogens is 392 g/mol. The van der Waals surface area contributed by atoms with Crippen molar-refractivity contribution >= 4 is 35.2 Å². The lowest BCUT2D eigenvalue weighted by atomic mass is 10.2. The lowest BCUT2D eigenvalue weighted by Gasteiger charge is -2.28. The average molecular weight is 416 g/mol. The lowest BCUT2D eigenvalue weighted by Crippen LogP contribution is -2.45. The van der Waals surface area contributed by atoms with Crippen LogP contribution in [0.4, 0.5) is 5.69 Å². The SMILES string of the molecule is CC(=O)N1[C@@H](c2ccco2)SC[C@H]1C(=O)OCC(=O)N(c1ccccc1)C(C)C. The van der Waals surface area contributed by atoms with Gasteiger partial charge < -0.3 is 19.0 Å². The fraction of sp³-hybridized carbons (Fsp3) is 0.381. The summed E-state index contributed by atoms with van der Waals surface area (Å²) in [4.78, 5) is 40.6. The molecule has 0 radical (unpaired) electrons. The van der Waals surface area contributed by atoms with Crippen molar-refractivity contribution in [1.29, 1.82) is 0 Å². The van der Waals surface area contributed by atoms with Crippen LogP contribution in [0.5, 0.6) is 0 Å². The molecule has 0 spiro atoms. The minimum Gasteiger partial charge on any atom is -0.466 e. The third kappa shape index (κ3) is 4.64. The summed E-state index contributed by atoms with van der Waals surface area (Å²) in [5.74, 6) is -0.177. The van der Waals surface area contributed by atoms with E-state index in [0.29, 0.717) is 11.5 Å². The van der Waals surface area contributed by atoms with Gasteiger partial charge in [0, 0.05) is 24.4 Å². The number of anilines is 1. The number of esters is 1. The number of amides is 2. The molecule has 8 heteroatoms. The summed E-state index contributed by atoms with van der Waals surface area (Å²) >= 11 is 1.43. The summed E-state index contributed by atoms with van der Waals surface area (Å²) in [7, 11) is 0. The Bertz CT molecular complexity index is 853. The van der Waals surface area contributed by atoms with Gasteiger partial charge in [0.2, 0.25) is 5.91 Å². The van der Waals surface area contributed by atoms with E-state index < -0.39 is 12.0 Å². The number of rotatable bonds is 6. The van der Waals surface area contributed by atoms with Gasteiger partial charge in [0.25, 0.3) is 5.91 Å². The lowest BCUT2D eigenvalue weighted by molar-refractivity contribution is -0.156. The van der Waals surface area contributed by atoms with Crippen LogP contribution in [0.15, 0.2) is 53.1 Å². The van der Waals surface area contributed by atoms with Crippen LogP contribution in [0.25, 0.3) is 0 Å². The first-order valence-electron chi connectivity index (χ1n) is 9.37. The zero-order valence-electron chi connectivity index (χ0n) is 16.6. The van der Waals surface area contributed by atoms with Crippen molar-refractivity contribution in [2.24, 2.45) is 0 Å². The van der Waals surface area contributed by atoms with E-state index in [-0.39, 0.29) is 29.8 Å². The number of hydrogen-bond acceptors (Lipinski definition) is 6. The number of para-hydroxylation sites is 1. The van der Waals surface area contributed by atoms with E-state index >= 15 is 0 Å². The van der Waals surface area contributed by atoms with E-state index in [9.17, 15) is 14.4 Å². The maximum Gasteiger partial charge on any atom is 0.330 e. The third-order valence-corrected chi connectivity index (χ3v) is 5.86. The van der Waals surface area contributed by atoms with Crippen molar-refractivity contribution in [3.8, 4) is 0 Å². The van der Waals surface area contributed by atoms with E-state index in [1.807, 2.05) is 44.2 Å². The van der Waals surface area contributed by atoms with Gasteiger partial charge in [0.05, 0.1) is 6.26 Å². The van der Waals surface area contributed by atoms with Crippen molar-refractivity contribution in [1.82, 2.24) is 4.90 Å². The molecule has 7 nitrogen and oxygen atoms in total. The second-order valence-electron chi connectivity index (χ2n) is 6.94. The highest BCUT2D eigenvalue weighted by atomic mass is 32.2. The number of nitrogens with zero attached hydrogens (tertiary/aromatic N) is 2. The number of ether oxygens (including phenoxy) is 1. The fourth-order valence-electron chi connectivity index (χ4n) is 3.34. The van der Waals surface area contributed by atoms with Crippen molar-refractivity contribution in [3.05, 3.63) is 54.5 Å². The molecule has 1 aliphatic rings. The Morgan fingerprint density at radius 2 is 1.93 bits per heavy atom. The summed E-state index contributed by atoms with van der Waals surface area (Å²) in [6.07, 6.45) is 1.53. The Morgan fingerprint density at radius 1 is 1.21 bits per heavy atom. The second-order valence-corrected chi connectivity index (χ2v) is 8.06. The van der Waals surface area contributed by atoms with Gasteiger partial charge in [-0.1, -0.05) is 18.2 Å². The van der Waals surface area contributed by atoms with E-state index in [2.05, 4.69) is 0 Å². The molecule has 29 heavy (non-hydrogen) atoms. The Morgan fingerprint density at radius 3 is 2.52 bits per heavy atom. The number of carbonyl (C=O) groups excluding carboxylic acids is 3. The predicted octanol–water partition coefficient (Wildman–Crippen LogP) is 3.23. The zero-order valence-corrected chi connectivity index (χ0v) is 17.4. The normalized spacial score (nSPS) is 18.7. The fourth-order valence-corrected chi connectivity index (χ4v) is 4.76. The van der Waals surface area contributed by atoms with Gasteiger partial charge in [0.15, 0.2) is 6.61 Å². The molecular formula is C21H24N2O5S.